The maximum Gasteiger partial charge on any atom is 0.123 e. The fourth-order valence-corrected chi connectivity index (χ4v) is 3.46. The lowest BCUT2D eigenvalue weighted by molar-refractivity contribution is 0.137. The molecule has 1 aliphatic rings. The Bertz CT molecular complexity index is 742. The van der Waals surface area contributed by atoms with Crippen molar-refractivity contribution in [3.05, 3.63) is 52.6 Å². The van der Waals surface area contributed by atoms with Crippen molar-refractivity contribution in [1.82, 2.24) is 14.5 Å². The molecule has 2 aromatic rings. The number of hydrogen-bond acceptors (Lipinski definition) is 4. The third-order valence-corrected chi connectivity index (χ3v) is 4.93. The van der Waals surface area contributed by atoms with Crippen LogP contribution in [-0.4, -0.2) is 34.7 Å². The Labute approximate surface area is 149 Å². The number of hydrogen-bond donors (Lipinski definition) is 0. The van der Waals surface area contributed by atoms with Gasteiger partial charge in [0.05, 0.1) is 30.5 Å². The van der Waals surface area contributed by atoms with E-state index in [0.717, 1.165) is 38.3 Å². The summed E-state index contributed by atoms with van der Waals surface area (Å²) in [6.45, 7) is 3.19. The number of aromatic nitrogens is 2. The maximum atomic E-state index is 8.94. The lowest BCUT2D eigenvalue weighted by atomic mass is 10.0. The predicted molar refractivity (Wildman–Crippen MR) is 97.0 cm³/mol. The molecule has 0 bridgehead atoms. The van der Waals surface area contributed by atoms with E-state index in [2.05, 4.69) is 22.6 Å². The van der Waals surface area contributed by atoms with Crippen LogP contribution in [-0.2, 0) is 37.7 Å². The van der Waals surface area contributed by atoms with Crippen molar-refractivity contribution >= 4 is 0 Å². The molecule has 0 aliphatic heterocycles. The number of nitriles is 1. The number of rotatable bonds is 7. The Kier molecular flexibility index (Phi) is 5.85. The first-order valence-electron chi connectivity index (χ1n) is 8.95. The number of fused-ring (bicyclic) bond motifs is 1. The van der Waals surface area contributed by atoms with E-state index in [-0.39, 0.29) is 0 Å². The van der Waals surface area contributed by atoms with Gasteiger partial charge in [0, 0.05) is 32.9 Å². The van der Waals surface area contributed by atoms with Crippen LogP contribution in [0.1, 0.15) is 41.2 Å². The summed E-state index contributed by atoms with van der Waals surface area (Å²) >= 11 is 0. The average Bonchev–Trinajstić information content (AvgIpc) is 2.96. The van der Waals surface area contributed by atoms with Crippen molar-refractivity contribution in [2.24, 2.45) is 7.05 Å². The van der Waals surface area contributed by atoms with Gasteiger partial charge < -0.3 is 9.30 Å². The highest BCUT2D eigenvalue weighted by atomic mass is 16.5. The smallest absolute Gasteiger partial charge is 0.123 e. The second kappa shape index (κ2) is 8.28. The molecule has 1 heterocycles. The minimum atomic E-state index is 0.695. The number of imidazole rings is 1. The van der Waals surface area contributed by atoms with E-state index in [1.807, 2.05) is 24.3 Å². The highest BCUT2D eigenvalue weighted by molar-refractivity contribution is 5.31. The SMILES string of the molecule is COCCN(Cc1ccc(C#N)cc1)Cc1nc2c(n1C)CCCC2. The Balaban J connectivity index is 1.74. The first kappa shape index (κ1) is 17.7. The molecule has 132 valence electrons. The Hall–Kier alpha value is -2.16. The van der Waals surface area contributed by atoms with E-state index >= 15 is 0 Å². The summed E-state index contributed by atoms with van der Waals surface area (Å²) in [5.74, 6) is 1.14. The minimum absolute atomic E-state index is 0.695. The van der Waals surface area contributed by atoms with Crippen molar-refractivity contribution in [2.75, 3.05) is 20.3 Å². The fraction of sp³-hybridized carbons (Fsp3) is 0.500. The van der Waals surface area contributed by atoms with Crippen molar-refractivity contribution < 1.29 is 4.74 Å². The molecule has 0 radical (unpaired) electrons. The molecule has 1 aliphatic carbocycles. The van der Waals surface area contributed by atoms with Crippen LogP contribution < -0.4 is 0 Å². The second-order valence-corrected chi connectivity index (χ2v) is 6.70. The largest absolute Gasteiger partial charge is 0.383 e. The second-order valence-electron chi connectivity index (χ2n) is 6.70. The van der Waals surface area contributed by atoms with Gasteiger partial charge in [-0.15, -0.1) is 0 Å². The van der Waals surface area contributed by atoms with Crippen molar-refractivity contribution in [2.45, 2.75) is 38.8 Å². The third kappa shape index (κ3) is 4.28. The summed E-state index contributed by atoms with van der Waals surface area (Å²) in [6.07, 6.45) is 4.77. The molecular formula is C20H26N4O. The third-order valence-electron chi connectivity index (χ3n) is 4.93. The summed E-state index contributed by atoms with van der Waals surface area (Å²) < 4.78 is 7.57. The number of aryl methyl sites for hydroxylation is 1. The maximum absolute atomic E-state index is 8.94. The Morgan fingerprint density at radius 1 is 1.20 bits per heavy atom. The molecule has 0 fully saturated rings. The van der Waals surface area contributed by atoms with Gasteiger partial charge in [-0.1, -0.05) is 12.1 Å². The molecule has 0 saturated heterocycles. The van der Waals surface area contributed by atoms with Crippen LogP contribution in [0.4, 0.5) is 0 Å². The molecule has 0 amide bonds. The first-order chi connectivity index (χ1) is 12.2. The van der Waals surface area contributed by atoms with Crippen molar-refractivity contribution in [3.8, 4) is 6.07 Å². The van der Waals surface area contributed by atoms with Gasteiger partial charge in [0.1, 0.15) is 5.82 Å². The van der Waals surface area contributed by atoms with Gasteiger partial charge in [-0.25, -0.2) is 4.98 Å². The summed E-state index contributed by atoms with van der Waals surface area (Å²) in [4.78, 5) is 7.26. The molecule has 0 N–H and O–H groups in total. The Morgan fingerprint density at radius 2 is 1.96 bits per heavy atom. The molecule has 1 aromatic heterocycles. The van der Waals surface area contributed by atoms with Crippen LogP contribution in [0.25, 0.3) is 0 Å². The topological polar surface area (TPSA) is 54.1 Å². The van der Waals surface area contributed by atoms with Crippen LogP contribution in [0, 0.1) is 11.3 Å². The van der Waals surface area contributed by atoms with E-state index < -0.39 is 0 Å². The zero-order valence-corrected chi connectivity index (χ0v) is 15.2. The highest BCUT2D eigenvalue weighted by Crippen LogP contribution is 2.22. The number of methoxy groups -OCH3 is 1. The number of nitrogens with zero attached hydrogens (tertiary/aromatic N) is 4. The van der Waals surface area contributed by atoms with Gasteiger partial charge in [0.25, 0.3) is 0 Å². The zero-order valence-electron chi connectivity index (χ0n) is 15.2. The molecule has 0 saturated carbocycles. The molecular weight excluding hydrogens is 312 g/mol. The molecule has 0 unspecified atom stereocenters. The molecule has 25 heavy (non-hydrogen) atoms. The summed E-state index contributed by atoms with van der Waals surface area (Å²) in [5.41, 5.74) is 4.60. The van der Waals surface area contributed by atoms with Gasteiger partial charge in [-0.3, -0.25) is 4.90 Å². The van der Waals surface area contributed by atoms with Gasteiger partial charge >= 0.3 is 0 Å². The first-order valence-corrected chi connectivity index (χ1v) is 8.95. The number of ether oxygens (including phenoxy) is 1. The standard InChI is InChI=1S/C20H26N4O/c1-23-19-6-4-3-5-18(19)22-20(23)15-24(11-12-25-2)14-17-9-7-16(13-21)8-10-17/h7-10H,3-6,11-12,14-15H2,1-2H3. The van der Waals surface area contributed by atoms with E-state index in [0.29, 0.717) is 12.2 Å². The van der Waals surface area contributed by atoms with E-state index in [1.165, 1.54) is 29.8 Å². The van der Waals surface area contributed by atoms with E-state index in [1.54, 1.807) is 7.11 Å². The van der Waals surface area contributed by atoms with Crippen LogP contribution >= 0.6 is 0 Å². The monoisotopic (exact) mass is 338 g/mol. The Morgan fingerprint density at radius 3 is 2.64 bits per heavy atom. The van der Waals surface area contributed by atoms with Gasteiger partial charge in [-0.05, 0) is 43.4 Å². The van der Waals surface area contributed by atoms with Crippen molar-refractivity contribution in [1.29, 1.82) is 5.26 Å². The summed E-state index contributed by atoms with van der Waals surface area (Å²) in [6, 6.07) is 9.99. The zero-order chi connectivity index (χ0) is 17.6. The highest BCUT2D eigenvalue weighted by Gasteiger charge is 2.19. The van der Waals surface area contributed by atoms with Gasteiger partial charge in [-0.2, -0.15) is 5.26 Å². The molecule has 5 nitrogen and oxygen atoms in total. The van der Waals surface area contributed by atoms with Crippen LogP contribution in [0.15, 0.2) is 24.3 Å². The average molecular weight is 338 g/mol. The van der Waals surface area contributed by atoms with E-state index in [4.69, 9.17) is 15.0 Å². The van der Waals surface area contributed by atoms with E-state index in [9.17, 15) is 0 Å². The van der Waals surface area contributed by atoms with Crippen molar-refractivity contribution in [3.63, 3.8) is 0 Å². The van der Waals surface area contributed by atoms with Gasteiger partial charge in [0.15, 0.2) is 0 Å². The quantitative estimate of drug-likeness (QED) is 0.779. The lowest BCUT2D eigenvalue weighted by Gasteiger charge is -2.22. The molecule has 1 aromatic carbocycles. The predicted octanol–water partition coefficient (Wildman–Crippen LogP) is 2.82. The summed E-state index contributed by atoms with van der Waals surface area (Å²) in [7, 11) is 3.88. The molecule has 3 rings (SSSR count). The lowest BCUT2D eigenvalue weighted by Crippen LogP contribution is -2.28. The fourth-order valence-electron chi connectivity index (χ4n) is 3.46. The molecule has 0 spiro atoms. The summed E-state index contributed by atoms with van der Waals surface area (Å²) in [5, 5.41) is 8.94. The molecule has 5 heteroatoms. The van der Waals surface area contributed by atoms with Gasteiger partial charge in [0.2, 0.25) is 0 Å². The van der Waals surface area contributed by atoms with Crippen LogP contribution in [0.2, 0.25) is 0 Å². The number of benzene rings is 1. The van der Waals surface area contributed by atoms with Crippen LogP contribution in [0.5, 0.6) is 0 Å². The normalized spacial score (nSPS) is 13.7. The molecule has 0 atom stereocenters. The minimum Gasteiger partial charge on any atom is -0.383 e. The van der Waals surface area contributed by atoms with Crippen LogP contribution in [0.3, 0.4) is 0 Å².